The van der Waals surface area contributed by atoms with E-state index in [0.29, 0.717) is 23.9 Å². The summed E-state index contributed by atoms with van der Waals surface area (Å²) in [5.41, 5.74) is 1.30. The predicted octanol–water partition coefficient (Wildman–Crippen LogP) is 4.98. The number of rotatable bonds is 6. The molecule has 2 amide bonds. The third kappa shape index (κ3) is 4.47. The Morgan fingerprint density at radius 1 is 1.22 bits per heavy atom. The Bertz CT molecular complexity index is 1250. The quantitative estimate of drug-likeness (QED) is 0.382. The Morgan fingerprint density at radius 2 is 2.00 bits per heavy atom. The lowest BCUT2D eigenvalue weighted by atomic mass is 10.0. The fourth-order valence-corrected chi connectivity index (χ4v) is 3.52. The van der Waals surface area contributed by atoms with Crippen LogP contribution in [0.1, 0.15) is 24.4 Å². The summed E-state index contributed by atoms with van der Waals surface area (Å²) in [5, 5.41) is 14.5. The molecule has 3 N–H and O–H groups in total. The molecule has 2 aromatic carbocycles. The molecule has 0 aliphatic rings. The molecular weight excluding hydrogens is 433 g/mol. The minimum absolute atomic E-state index is 0.0536. The van der Waals surface area contributed by atoms with Crippen LogP contribution in [0.4, 0.5) is 20.7 Å². The molecule has 0 saturated carbocycles. The van der Waals surface area contributed by atoms with Gasteiger partial charge in [-0.3, -0.25) is 5.10 Å². The van der Waals surface area contributed by atoms with Gasteiger partial charge < -0.3 is 15.5 Å². The van der Waals surface area contributed by atoms with E-state index in [9.17, 15) is 9.18 Å². The molecule has 4 rings (SSSR count). The molecular formula is C22H21ClFN7O. The number of hydrogen-bond acceptors (Lipinski definition) is 5. The number of aromatic amines is 1. The molecule has 2 heterocycles. The van der Waals surface area contributed by atoms with Gasteiger partial charge in [0.05, 0.1) is 17.6 Å². The van der Waals surface area contributed by atoms with Crippen LogP contribution in [0.3, 0.4) is 0 Å². The van der Waals surface area contributed by atoms with E-state index in [1.54, 1.807) is 18.1 Å². The maximum absolute atomic E-state index is 13.4. The van der Waals surface area contributed by atoms with E-state index >= 15 is 0 Å². The van der Waals surface area contributed by atoms with Crippen molar-refractivity contribution in [3.8, 4) is 0 Å². The molecule has 32 heavy (non-hydrogen) atoms. The van der Waals surface area contributed by atoms with E-state index < -0.39 is 5.82 Å². The number of nitrogens with one attached hydrogen (secondary N) is 3. The maximum atomic E-state index is 13.4. The number of nitrogens with zero attached hydrogens (tertiary/aromatic N) is 4. The van der Waals surface area contributed by atoms with E-state index in [0.717, 1.165) is 16.3 Å². The highest BCUT2D eigenvalue weighted by Gasteiger charge is 2.21. The van der Waals surface area contributed by atoms with Crippen molar-refractivity contribution in [2.75, 3.05) is 17.7 Å². The summed E-state index contributed by atoms with van der Waals surface area (Å²) in [4.78, 5) is 23.0. The Balaban J connectivity index is 1.55. The molecule has 4 aromatic rings. The van der Waals surface area contributed by atoms with Crippen molar-refractivity contribution >= 4 is 39.9 Å². The molecule has 0 aliphatic carbocycles. The molecule has 0 unspecified atom stereocenters. The second kappa shape index (κ2) is 9.19. The average molecular weight is 454 g/mol. The van der Waals surface area contributed by atoms with Crippen LogP contribution in [0.5, 0.6) is 0 Å². The van der Waals surface area contributed by atoms with Crippen LogP contribution in [0.25, 0.3) is 10.8 Å². The van der Waals surface area contributed by atoms with E-state index in [4.69, 9.17) is 11.6 Å². The third-order valence-corrected chi connectivity index (χ3v) is 5.53. The van der Waals surface area contributed by atoms with Crippen LogP contribution < -0.4 is 10.6 Å². The summed E-state index contributed by atoms with van der Waals surface area (Å²) in [6.45, 7) is 2.37. The van der Waals surface area contributed by atoms with E-state index in [1.165, 1.54) is 24.5 Å². The van der Waals surface area contributed by atoms with Crippen molar-refractivity contribution < 1.29 is 9.18 Å². The number of halogens is 2. The summed E-state index contributed by atoms with van der Waals surface area (Å²) in [6, 6.07) is 11.3. The Labute approximate surface area is 188 Å². The predicted molar refractivity (Wildman–Crippen MR) is 122 cm³/mol. The summed E-state index contributed by atoms with van der Waals surface area (Å²) in [5.74, 6) is 0.868. The zero-order valence-electron chi connectivity index (χ0n) is 17.4. The minimum atomic E-state index is -0.541. The van der Waals surface area contributed by atoms with Gasteiger partial charge in [0.2, 0.25) is 0 Å². The molecule has 164 valence electrons. The first-order valence-electron chi connectivity index (χ1n) is 9.88. The Kier molecular flexibility index (Phi) is 6.18. The smallest absolute Gasteiger partial charge is 0.322 e. The molecule has 2 aromatic heterocycles. The van der Waals surface area contributed by atoms with Crippen molar-refractivity contribution in [1.29, 1.82) is 0 Å². The first-order chi connectivity index (χ1) is 15.4. The van der Waals surface area contributed by atoms with Gasteiger partial charge in [-0.1, -0.05) is 35.9 Å². The lowest BCUT2D eigenvalue weighted by Crippen LogP contribution is -2.33. The van der Waals surface area contributed by atoms with Crippen LogP contribution in [0.2, 0.25) is 5.02 Å². The molecule has 10 heteroatoms. The van der Waals surface area contributed by atoms with E-state index in [-0.39, 0.29) is 17.1 Å². The second-order valence-electron chi connectivity index (χ2n) is 7.24. The van der Waals surface area contributed by atoms with Gasteiger partial charge in [0, 0.05) is 29.9 Å². The van der Waals surface area contributed by atoms with Crippen molar-refractivity contribution in [2.45, 2.75) is 19.5 Å². The van der Waals surface area contributed by atoms with Gasteiger partial charge in [-0.15, -0.1) is 0 Å². The number of carbonyl (C=O) groups excluding carboxylic acids is 1. The summed E-state index contributed by atoms with van der Waals surface area (Å²) in [6.07, 6.45) is 3.21. The van der Waals surface area contributed by atoms with Crippen LogP contribution in [-0.2, 0) is 6.54 Å². The number of carbonyl (C=O) groups is 1. The SMILES string of the molecule is C[C@H](c1cnc(NCc2ncn[nH]2)c2ccccc12)N(C)C(=O)Nc1ccc(F)c(Cl)c1. The van der Waals surface area contributed by atoms with Gasteiger partial charge >= 0.3 is 6.03 Å². The van der Waals surface area contributed by atoms with Crippen LogP contribution >= 0.6 is 11.6 Å². The fraction of sp³-hybridized carbons (Fsp3) is 0.182. The molecule has 0 saturated heterocycles. The summed E-state index contributed by atoms with van der Waals surface area (Å²) >= 11 is 5.81. The van der Waals surface area contributed by atoms with Crippen LogP contribution in [-0.4, -0.2) is 38.1 Å². The van der Waals surface area contributed by atoms with Gasteiger partial charge in [0.15, 0.2) is 0 Å². The summed E-state index contributed by atoms with van der Waals surface area (Å²) < 4.78 is 13.4. The highest BCUT2D eigenvalue weighted by Crippen LogP contribution is 2.31. The Hall–Kier alpha value is -3.72. The lowest BCUT2D eigenvalue weighted by Gasteiger charge is -2.27. The van der Waals surface area contributed by atoms with Crippen molar-refractivity contribution in [1.82, 2.24) is 25.1 Å². The maximum Gasteiger partial charge on any atom is 0.322 e. The van der Waals surface area contributed by atoms with Crippen molar-refractivity contribution in [3.05, 3.63) is 77.2 Å². The van der Waals surface area contributed by atoms with Crippen LogP contribution in [0, 0.1) is 5.82 Å². The molecule has 1 atom stereocenters. The summed E-state index contributed by atoms with van der Waals surface area (Å²) in [7, 11) is 1.69. The zero-order chi connectivity index (χ0) is 22.7. The number of H-pyrrole nitrogens is 1. The standard InChI is InChI=1S/C22H21ClFN7O/c1-13(31(2)22(32)29-14-7-8-19(24)18(23)9-14)17-10-25-21(16-6-4-3-5-15(16)17)26-11-20-27-12-28-30-20/h3-10,12-13H,11H2,1-2H3,(H,25,26)(H,29,32)(H,27,28,30)/t13-/m1/s1. The first kappa shape index (κ1) is 21.5. The normalized spacial score (nSPS) is 11.9. The number of anilines is 2. The number of benzene rings is 2. The monoisotopic (exact) mass is 453 g/mol. The highest BCUT2D eigenvalue weighted by molar-refractivity contribution is 6.31. The fourth-order valence-electron chi connectivity index (χ4n) is 3.34. The average Bonchev–Trinajstić information content (AvgIpc) is 3.32. The third-order valence-electron chi connectivity index (χ3n) is 5.24. The van der Waals surface area contributed by atoms with Crippen molar-refractivity contribution in [2.24, 2.45) is 0 Å². The van der Waals surface area contributed by atoms with Gasteiger partial charge in [-0.05, 0) is 30.5 Å². The topological polar surface area (TPSA) is 98.8 Å². The Morgan fingerprint density at radius 3 is 2.72 bits per heavy atom. The zero-order valence-corrected chi connectivity index (χ0v) is 18.2. The molecule has 0 fully saturated rings. The number of amides is 2. The van der Waals surface area contributed by atoms with Gasteiger partial charge in [0.25, 0.3) is 0 Å². The second-order valence-corrected chi connectivity index (χ2v) is 7.65. The number of aromatic nitrogens is 4. The largest absolute Gasteiger partial charge is 0.362 e. The number of fused-ring (bicyclic) bond motifs is 1. The van der Waals surface area contributed by atoms with Crippen LogP contribution in [0.15, 0.2) is 55.0 Å². The highest BCUT2D eigenvalue weighted by atomic mass is 35.5. The van der Waals surface area contributed by atoms with E-state index in [1.807, 2.05) is 31.2 Å². The van der Waals surface area contributed by atoms with Gasteiger partial charge in [-0.2, -0.15) is 5.10 Å². The molecule has 0 spiro atoms. The number of hydrogen-bond donors (Lipinski definition) is 3. The molecule has 8 nitrogen and oxygen atoms in total. The van der Waals surface area contributed by atoms with E-state index in [2.05, 4.69) is 30.8 Å². The van der Waals surface area contributed by atoms with Crippen molar-refractivity contribution in [3.63, 3.8) is 0 Å². The lowest BCUT2D eigenvalue weighted by molar-refractivity contribution is 0.208. The number of urea groups is 1. The number of pyridine rings is 1. The van der Waals surface area contributed by atoms with Gasteiger partial charge in [0.1, 0.15) is 23.8 Å². The first-order valence-corrected chi connectivity index (χ1v) is 10.3. The molecule has 0 aliphatic heterocycles. The van der Waals surface area contributed by atoms with Gasteiger partial charge in [-0.25, -0.2) is 19.2 Å². The molecule has 0 radical (unpaired) electrons. The minimum Gasteiger partial charge on any atom is -0.362 e. The molecule has 0 bridgehead atoms.